The molecule has 21 atom stereocenters. The summed E-state index contributed by atoms with van der Waals surface area (Å²) < 4.78 is 116. The number of aliphatic hydroxyl groups is 1. The summed E-state index contributed by atoms with van der Waals surface area (Å²) >= 11 is 0. The van der Waals surface area contributed by atoms with Gasteiger partial charge >= 0.3 is 18.1 Å². The molecule has 12 rings (SSSR count). The highest BCUT2D eigenvalue weighted by Crippen LogP contribution is 2.55. The molecular weight excluding hydrogens is 1580 g/mol. The van der Waals surface area contributed by atoms with Crippen LogP contribution in [0.15, 0.2) is 48.6 Å². The van der Waals surface area contributed by atoms with Gasteiger partial charge in [0.2, 0.25) is 17.7 Å². The van der Waals surface area contributed by atoms with Crippen molar-refractivity contribution in [2.45, 2.75) is 265 Å². The average Bonchev–Trinajstić information content (AvgIpc) is 1.55. The molecule has 11 aliphatic heterocycles. The summed E-state index contributed by atoms with van der Waals surface area (Å²) in [6.07, 6.45) is 1.78. The molecule has 1 spiro atoms. The number of hydrogen-bond donors (Lipinski definition) is 7. The van der Waals surface area contributed by atoms with Crippen LogP contribution in [0.25, 0.3) is 0 Å². The first-order valence-corrected chi connectivity index (χ1v) is 43.6. The predicted molar refractivity (Wildman–Crippen MR) is 430 cm³/mol. The van der Waals surface area contributed by atoms with Gasteiger partial charge in [0, 0.05) is 83.2 Å². The lowest BCUT2D eigenvalue weighted by Gasteiger charge is -2.47. The van der Waals surface area contributed by atoms with Crippen molar-refractivity contribution in [3.63, 3.8) is 0 Å². The number of urea groups is 1. The SMILES string of the molecule is C=C1C[C@@H]2CC[C@@]34C[C@H]5O[C@H]6[C@@H](O3)[C@H]3O[C@H](CC[C@@H]3O[C@H]6[C@H]5O4)CC(=O)C[C@@H]3[C@@H](OC)[C@@H](C[C@H](O)CNC(=O)OCc4ccc(NC(=O)[C@H](CCCNC(N)=O)NC(=O)[C@@H](NC(=O)CCOCCOCCOCCOCCOCCOCCOCCOCCOCCC(=O)ON5CCCC5=O)C(C)C)cc4)O[C@H]3C[C@H]3O[C@@H](CC[C@@H]1O2)C[C@@H](C)C3=C. The summed E-state index contributed by atoms with van der Waals surface area (Å²) in [6, 6.07) is 3.65. The third-order valence-electron chi connectivity index (χ3n) is 23.8. The van der Waals surface area contributed by atoms with Crippen molar-refractivity contribution in [1.82, 2.24) is 26.3 Å². The number of primary amides is 1. The van der Waals surface area contributed by atoms with Gasteiger partial charge in [-0.05, 0) is 105 Å². The molecule has 0 aliphatic carbocycles. The number of fused-ring (bicyclic) bond motifs is 6. The van der Waals surface area contributed by atoms with Crippen molar-refractivity contribution < 1.29 is 138 Å². The van der Waals surface area contributed by atoms with E-state index in [2.05, 4.69) is 46.7 Å². The first kappa shape index (κ1) is 95.2. The summed E-state index contributed by atoms with van der Waals surface area (Å²) in [5, 5.41) is 26.2. The Labute approximate surface area is 708 Å². The van der Waals surface area contributed by atoms with E-state index >= 15 is 0 Å². The van der Waals surface area contributed by atoms with Gasteiger partial charge in [0.15, 0.2) is 5.79 Å². The van der Waals surface area contributed by atoms with E-state index in [9.17, 15) is 43.5 Å². The zero-order valence-electron chi connectivity index (χ0n) is 70.7. The van der Waals surface area contributed by atoms with E-state index in [0.717, 1.165) is 48.3 Å². The number of hydroxylamine groups is 2. The summed E-state index contributed by atoms with van der Waals surface area (Å²) in [6.45, 7) is 20.9. The number of Topliss-reactive ketones (excluding diaryl/α,β-unsaturated/α-hetero) is 1. The molecule has 1 aromatic carbocycles. The first-order chi connectivity index (χ1) is 58.6. The number of anilines is 1. The number of methoxy groups -OCH3 is 1. The third-order valence-corrected chi connectivity index (χ3v) is 23.8. The van der Waals surface area contributed by atoms with Crippen molar-refractivity contribution in [2.24, 2.45) is 23.5 Å². The number of rotatable bonds is 48. The number of ether oxygens (including phenoxy) is 19. The van der Waals surface area contributed by atoms with Gasteiger partial charge in [-0.2, -0.15) is 5.06 Å². The maximum absolute atomic E-state index is 14.6. The normalized spacial score (nSPS) is 30.2. The maximum Gasteiger partial charge on any atom is 0.407 e. The predicted octanol–water partition coefficient (Wildman–Crippen LogP) is 4.43. The second-order valence-electron chi connectivity index (χ2n) is 33.2. The number of amides is 7. The molecule has 7 amide bonds. The number of nitrogens with one attached hydrogen (secondary N) is 5. The molecule has 36 heteroatoms. The smallest absolute Gasteiger partial charge is 0.407 e. The number of carbonyl (C=O) groups excluding carboxylic acids is 8. The Kier molecular flexibility index (Phi) is 38.4. The van der Waals surface area contributed by atoms with Gasteiger partial charge in [0.25, 0.3) is 5.91 Å². The Morgan fingerprint density at radius 2 is 1.23 bits per heavy atom. The Bertz CT molecular complexity index is 3480. The van der Waals surface area contributed by atoms with E-state index in [1.807, 2.05) is 0 Å². The van der Waals surface area contributed by atoms with Crippen molar-refractivity contribution in [3.8, 4) is 0 Å². The number of benzene rings is 1. The Hall–Kier alpha value is -6.50. The molecule has 11 saturated heterocycles. The molecule has 680 valence electrons. The number of carbonyl (C=O) groups is 8. The minimum Gasteiger partial charge on any atom is -0.445 e. The Morgan fingerprint density at radius 1 is 0.628 bits per heavy atom. The molecule has 11 heterocycles. The highest BCUT2D eigenvalue weighted by molar-refractivity contribution is 5.98. The van der Waals surface area contributed by atoms with Crippen LogP contribution in [0, 0.1) is 17.8 Å². The molecule has 0 saturated carbocycles. The van der Waals surface area contributed by atoms with Crippen molar-refractivity contribution in [2.75, 3.05) is 151 Å². The minimum absolute atomic E-state index is 0.00813. The molecule has 121 heavy (non-hydrogen) atoms. The van der Waals surface area contributed by atoms with Crippen LogP contribution < -0.4 is 32.3 Å². The van der Waals surface area contributed by atoms with Gasteiger partial charge in [-0.1, -0.05) is 46.1 Å². The number of alkyl carbamates (subject to hydrolysis) is 1. The second-order valence-corrected chi connectivity index (χ2v) is 33.2. The summed E-state index contributed by atoms with van der Waals surface area (Å²) in [5.41, 5.74) is 8.26. The lowest BCUT2D eigenvalue weighted by atomic mass is 9.81. The molecule has 8 N–H and O–H groups in total. The zero-order valence-corrected chi connectivity index (χ0v) is 70.7. The molecule has 12 bridgehead atoms. The van der Waals surface area contributed by atoms with E-state index in [1.165, 1.54) is 0 Å². The summed E-state index contributed by atoms with van der Waals surface area (Å²) in [5.74, 6) is -3.82. The van der Waals surface area contributed by atoms with Crippen molar-refractivity contribution >= 4 is 53.2 Å². The number of hydrogen-bond acceptors (Lipinski definition) is 29. The molecular formula is C85H131N7O29. The van der Waals surface area contributed by atoms with E-state index in [-0.39, 0.29) is 170 Å². The van der Waals surface area contributed by atoms with E-state index in [4.69, 9.17) is 101 Å². The van der Waals surface area contributed by atoms with Crippen LogP contribution in [0.5, 0.6) is 0 Å². The molecule has 0 unspecified atom stereocenters. The standard InChI is InChI=1S/C85H131N7O29/c1-52(2)74(91-71(95)20-25-103-27-29-105-31-33-107-35-37-109-39-41-111-42-40-110-38-36-108-34-32-106-30-28-104-26-21-73(97)121-92-24-8-10-72(92)96)82(99)90-64(9-7-23-87-83(86)100)81(98)89-57-13-11-56(12-14-57)51-112-84(101)88-50-59(94)47-69-75(102-6)63-46-58(93)45-61-16-18-66-76(115-61)80-79-78(117-66)77-70(118-79)49-85(119-77,120-80)22-19-62-44-54(4)65(113-62)17-15-60-43-53(3)55(5)67(114-60)48-68(63)116-69/h11-14,52-53,59-70,74-80,94H,4-5,7-10,15-51H2,1-3,6H3,(H,88,101)(H,89,98)(H,90,99)(H,91,95)(H3,86,87,100)/t53-,59+,60+,61-,62+,63+,64+,65+,66+,67-,68+,69-,70-,74+,75-,76+,77+,78+,79-,80+,85+/m1/s1. The number of aliphatic hydroxyl groups excluding tert-OH is 1. The Morgan fingerprint density at radius 3 is 1.86 bits per heavy atom. The summed E-state index contributed by atoms with van der Waals surface area (Å²) in [4.78, 5) is 109. The largest absolute Gasteiger partial charge is 0.445 e. The monoisotopic (exact) mass is 1710 g/mol. The lowest BCUT2D eigenvalue weighted by molar-refractivity contribution is -0.292. The van der Waals surface area contributed by atoms with E-state index in [1.54, 1.807) is 45.2 Å². The van der Waals surface area contributed by atoms with Crippen LogP contribution in [-0.2, 0) is 130 Å². The maximum atomic E-state index is 14.6. The Balaban J connectivity index is 0.542. The van der Waals surface area contributed by atoms with Gasteiger partial charge in [-0.3, -0.25) is 24.0 Å². The van der Waals surface area contributed by atoms with Crippen LogP contribution in [-0.4, -0.2) is 319 Å². The lowest BCUT2D eigenvalue weighted by Crippen LogP contribution is -2.61. The van der Waals surface area contributed by atoms with Crippen LogP contribution in [0.2, 0.25) is 0 Å². The van der Waals surface area contributed by atoms with E-state index < -0.39 is 102 Å². The van der Waals surface area contributed by atoms with Gasteiger partial charge in [-0.25, -0.2) is 14.4 Å². The average molecular weight is 1720 g/mol. The fraction of sp³-hybridized carbons (Fsp3) is 0.788. The molecule has 0 radical (unpaired) electrons. The minimum atomic E-state index is -1.11. The van der Waals surface area contributed by atoms with Crippen molar-refractivity contribution in [3.05, 3.63) is 54.1 Å². The summed E-state index contributed by atoms with van der Waals surface area (Å²) in [7, 11) is 1.58. The third kappa shape index (κ3) is 29.3. The second kappa shape index (κ2) is 48.8. The van der Waals surface area contributed by atoms with Crippen LogP contribution in [0.3, 0.4) is 0 Å². The van der Waals surface area contributed by atoms with Crippen LogP contribution in [0.1, 0.15) is 148 Å². The zero-order chi connectivity index (χ0) is 85.6. The first-order valence-electron chi connectivity index (χ1n) is 43.6. The quantitative estimate of drug-likeness (QED) is 0.0350. The fourth-order valence-electron chi connectivity index (χ4n) is 17.5. The number of ketones is 1. The van der Waals surface area contributed by atoms with Gasteiger partial charge in [-0.15, -0.1) is 0 Å². The topological polar surface area (TPSA) is 431 Å². The molecule has 11 fully saturated rings. The molecule has 11 aliphatic rings. The van der Waals surface area contributed by atoms with Crippen molar-refractivity contribution in [1.29, 1.82) is 0 Å². The highest BCUT2D eigenvalue weighted by Gasteiger charge is 2.69. The number of nitrogens with zero attached hydrogens (tertiary/aromatic N) is 1. The molecule has 36 nitrogen and oxygen atoms in total. The fourth-order valence-corrected chi connectivity index (χ4v) is 17.5. The van der Waals surface area contributed by atoms with Crippen LogP contribution >= 0.6 is 0 Å². The van der Waals surface area contributed by atoms with Gasteiger partial charge < -0.3 is 132 Å². The highest BCUT2D eigenvalue weighted by atomic mass is 16.8. The van der Waals surface area contributed by atoms with E-state index in [0.29, 0.717) is 155 Å². The molecule has 0 aromatic heterocycles. The number of nitrogens with two attached hydrogens (primary N) is 1. The van der Waals surface area contributed by atoms with Crippen LogP contribution in [0.4, 0.5) is 15.3 Å². The van der Waals surface area contributed by atoms with Gasteiger partial charge in [0.05, 0.1) is 199 Å². The molecule has 1 aromatic rings. The van der Waals surface area contributed by atoms with Gasteiger partial charge in [0.1, 0.15) is 55.0 Å².